The van der Waals surface area contributed by atoms with Crippen LogP contribution >= 0.6 is 0 Å². The Morgan fingerprint density at radius 1 is 1.04 bits per heavy atom. The molecule has 1 heterocycles. The van der Waals surface area contributed by atoms with Gasteiger partial charge in [-0.3, -0.25) is 9.52 Å². The predicted octanol–water partition coefficient (Wildman–Crippen LogP) is 3.02. The molecule has 0 saturated carbocycles. The Labute approximate surface area is 153 Å². The molecule has 0 radical (unpaired) electrons. The number of hydrogen-bond acceptors (Lipinski definition) is 4. The molecule has 2 aromatic rings. The molecule has 1 saturated heterocycles. The second-order valence-electron chi connectivity index (χ2n) is 6.20. The van der Waals surface area contributed by atoms with Gasteiger partial charge < -0.3 is 9.64 Å². The number of amides is 1. The number of nitrogens with zero attached hydrogens (tertiary/aromatic N) is 1. The van der Waals surface area contributed by atoms with Crippen LogP contribution in [0, 0.1) is 0 Å². The molecule has 6 nitrogen and oxygen atoms in total. The lowest BCUT2D eigenvalue weighted by atomic mass is 10.1. The van der Waals surface area contributed by atoms with Crippen molar-refractivity contribution in [2.75, 3.05) is 22.8 Å². The highest BCUT2D eigenvalue weighted by Crippen LogP contribution is 2.25. The molecule has 2 aromatic carbocycles. The molecule has 7 heteroatoms. The van der Waals surface area contributed by atoms with E-state index in [1.54, 1.807) is 66.4 Å². The fraction of sp³-hybridized carbons (Fsp3) is 0.316. The lowest BCUT2D eigenvalue weighted by Crippen LogP contribution is -2.42. The van der Waals surface area contributed by atoms with Gasteiger partial charge in [0.1, 0.15) is 0 Å². The molecule has 0 bridgehead atoms. The fourth-order valence-corrected chi connectivity index (χ4v) is 4.18. The minimum Gasteiger partial charge on any atom is -0.381 e. The van der Waals surface area contributed by atoms with E-state index in [1.165, 1.54) is 0 Å². The van der Waals surface area contributed by atoms with E-state index in [1.807, 2.05) is 0 Å². The highest BCUT2D eigenvalue weighted by Gasteiger charge is 2.25. The van der Waals surface area contributed by atoms with Crippen molar-refractivity contribution in [2.24, 2.45) is 0 Å². The maximum Gasteiger partial charge on any atom is 0.261 e. The van der Waals surface area contributed by atoms with Crippen LogP contribution in [-0.4, -0.2) is 33.6 Å². The van der Waals surface area contributed by atoms with Crippen LogP contribution in [0.25, 0.3) is 0 Å². The van der Waals surface area contributed by atoms with Crippen LogP contribution in [0.5, 0.6) is 0 Å². The summed E-state index contributed by atoms with van der Waals surface area (Å²) >= 11 is 0. The van der Waals surface area contributed by atoms with Crippen LogP contribution in [-0.2, 0) is 19.6 Å². The van der Waals surface area contributed by atoms with Crippen LogP contribution in [0.15, 0.2) is 59.5 Å². The summed E-state index contributed by atoms with van der Waals surface area (Å²) in [5.41, 5.74) is 1.21. The molecule has 138 valence electrons. The minimum absolute atomic E-state index is 0.0329. The number of nitrogens with one attached hydrogen (secondary N) is 1. The zero-order valence-electron chi connectivity index (χ0n) is 14.6. The predicted molar refractivity (Wildman–Crippen MR) is 101 cm³/mol. The Morgan fingerprint density at radius 2 is 1.65 bits per heavy atom. The van der Waals surface area contributed by atoms with Gasteiger partial charge >= 0.3 is 0 Å². The SMILES string of the molecule is CC(=O)N(c1ccc(NS(=O)(=O)c2ccccc2)cc1)C1CCOCC1. The van der Waals surface area contributed by atoms with Gasteiger partial charge in [-0.15, -0.1) is 0 Å². The lowest BCUT2D eigenvalue weighted by Gasteiger charge is -2.33. The molecule has 3 rings (SSSR count). The molecule has 1 N–H and O–H groups in total. The first-order chi connectivity index (χ1) is 12.5. The van der Waals surface area contributed by atoms with Gasteiger partial charge in [0.2, 0.25) is 5.91 Å². The molecule has 1 amide bonds. The van der Waals surface area contributed by atoms with Gasteiger partial charge in [-0.05, 0) is 49.2 Å². The molecule has 0 unspecified atom stereocenters. The summed E-state index contributed by atoms with van der Waals surface area (Å²) in [4.78, 5) is 14.1. The van der Waals surface area contributed by atoms with Crippen molar-refractivity contribution in [3.63, 3.8) is 0 Å². The van der Waals surface area contributed by atoms with Crippen molar-refractivity contribution in [1.29, 1.82) is 0 Å². The summed E-state index contributed by atoms with van der Waals surface area (Å²) in [6.45, 7) is 2.83. The summed E-state index contributed by atoms with van der Waals surface area (Å²) in [6, 6.07) is 15.2. The largest absolute Gasteiger partial charge is 0.381 e. The van der Waals surface area contributed by atoms with Crippen molar-refractivity contribution in [2.45, 2.75) is 30.7 Å². The van der Waals surface area contributed by atoms with E-state index < -0.39 is 10.0 Å². The lowest BCUT2D eigenvalue weighted by molar-refractivity contribution is -0.117. The van der Waals surface area contributed by atoms with Gasteiger partial charge in [0, 0.05) is 37.6 Å². The Bertz CT molecular complexity index is 845. The summed E-state index contributed by atoms with van der Waals surface area (Å²) in [5, 5.41) is 0. The first kappa shape index (κ1) is 18.4. The van der Waals surface area contributed by atoms with Crippen molar-refractivity contribution in [3.8, 4) is 0 Å². The third-order valence-corrected chi connectivity index (χ3v) is 5.74. The molecule has 1 aliphatic rings. The summed E-state index contributed by atoms with van der Waals surface area (Å²) in [7, 11) is -3.63. The van der Waals surface area contributed by atoms with E-state index in [4.69, 9.17) is 4.74 Å². The Morgan fingerprint density at radius 3 is 2.23 bits per heavy atom. The van der Waals surface area contributed by atoms with Crippen LogP contribution in [0.4, 0.5) is 11.4 Å². The first-order valence-electron chi connectivity index (χ1n) is 8.53. The molecule has 0 spiro atoms. The number of ether oxygens (including phenoxy) is 1. The first-order valence-corrected chi connectivity index (χ1v) is 10.0. The molecule has 0 aliphatic carbocycles. The van der Waals surface area contributed by atoms with Gasteiger partial charge in [-0.25, -0.2) is 8.42 Å². The maximum atomic E-state index is 12.4. The van der Waals surface area contributed by atoms with Crippen molar-refractivity contribution in [3.05, 3.63) is 54.6 Å². The third-order valence-electron chi connectivity index (χ3n) is 4.35. The molecule has 0 aromatic heterocycles. The van der Waals surface area contributed by atoms with E-state index in [0.29, 0.717) is 18.9 Å². The van der Waals surface area contributed by atoms with Gasteiger partial charge in [-0.1, -0.05) is 18.2 Å². The van der Waals surface area contributed by atoms with E-state index in [2.05, 4.69) is 4.72 Å². The van der Waals surface area contributed by atoms with Gasteiger partial charge in [0.05, 0.1) is 4.90 Å². The number of sulfonamides is 1. The Hall–Kier alpha value is -2.38. The number of rotatable bonds is 5. The minimum atomic E-state index is -3.63. The second kappa shape index (κ2) is 7.88. The van der Waals surface area contributed by atoms with Crippen LogP contribution in [0.2, 0.25) is 0 Å². The van der Waals surface area contributed by atoms with Crippen molar-refractivity contribution >= 4 is 27.3 Å². The summed E-state index contributed by atoms with van der Waals surface area (Å²) < 4.78 is 32.7. The average molecular weight is 374 g/mol. The molecule has 0 atom stereocenters. The Kier molecular flexibility index (Phi) is 5.58. The van der Waals surface area contributed by atoms with Crippen LogP contribution in [0.1, 0.15) is 19.8 Å². The average Bonchev–Trinajstić information content (AvgIpc) is 2.64. The van der Waals surface area contributed by atoms with E-state index in [0.717, 1.165) is 18.5 Å². The monoisotopic (exact) mass is 374 g/mol. The maximum absolute atomic E-state index is 12.4. The van der Waals surface area contributed by atoms with Crippen LogP contribution in [0.3, 0.4) is 0 Å². The number of carbonyl (C=O) groups is 1. The quantitative estimate of drug-likeness (QED) is 0.873. The highest BCUT2D eigenvalue weighted by molar-refractivity contribution is 7.92. The molecule has 26 heavy (non-hydrogen) atoms. The van der Waals surface area contributed by atoms with Gasteiger partial charge in [-0.2, -0.15) is 0 Å². The van der Waals surface area contributed by atoms with Crippen LogP contribution < -0.4 is 9.62 Å². The normalized spacial score (nSPS) is 15.4. The standard InChI is InChI=1S/C19H22N2O4S/c1-15(22)21(18-11-13-25-14-12-18)17-9-7-16(8-10-17)20-26(23,24)19-5-3-2-4-6-19/h2-10,18,20H,11-14H2,1H3. The molecule has 1 fully saturated rings. The summed E-state index contributed by atoms with van der Waals surface area (Å²) in [6.07, 6.45) is 1.59. The highest BCUT2D eigenvalue weighted by atomic mass is 32.2. The van der Waals surface area contributed by atoms with Crippen molar-refractivity contribution in [1.82, 2.24) is 0 Å². The van der Waals surface area contributed by atoms with Gasteiger partial charge in [0.15, 0.2) is 0 Å². The third kappa shape index (κ3) is 4.23. The number of anilines is 2. The molecule has 1 aliphatic heterocycles. The zero-order chi connectivity index (χ0) is 18.6. The smallest absolute Gasteiger partial charge is 0.261 e. The second-order valence-corrected chi connectivity index (χ2v) is 7.88. The number of benzene rings is 2. The Balaban J connectivity index is 1.78. The summed E-state index contributed by atoms with van der Waals surface area (Å²) in [5.74, 6) is -0.0329. The molecular weight excluding hydrogens is 352 g/mol. The van der Waals surface area contributed by atoms with E-state index >= 15 is 0 Å². The van der Waals surface area contributed by atoms with E-state index in [9.17, 15) is 13.2 Å². The number of hydrogen-bond donors (Lipinski definition) is 1. The van der Waals surface area contributed by atoms with Crippen molar-refractivity contribution < 1.29 is 17.9 Å². The topological polar surface area (TPSA) is 75.7 Å². The number of carbonyl (C=O) groups excluding carboxylic acids is 1. The molecular formula is C19H22N2O4S. The van der Waals surface area contributed by atoms with Gasteiger partial charge in [0.25, 0.3) is 10.0 Å². The van der Waals surface area contributed by atoms with E-state index in [-0.39, 0.29) is 16.8 Å². The zero-order valence-corrected chi connectivity index (χ0v) is 15.4. The fourth-order valence-electron chi connectivity index (χ4n) is 3.10.